The summed E-state index contributed by atoms with van der Waals surface area (Å²) < 4.78 is 0. The normalized spacial score (nSPS) is 12.4. The van der Waals surface area contributed by atoms with Crippen molar-refractivity contribution in [1.82, 2.24) is 5.32 Å². The van der Waals surface area contributed by atoms with E-state index in [1.165, 1.54) is 5.56 Å². The third-order valence-electron chi connectivity index (χ3n) is 2.27. The molecule has 0 aliphatic heterocycles. The molecule has 0 radical (unpaired) electrons. The van der Waals surface area contributed by atoms with Crippen LogP contribution in [0.3, 0.4) is 0 Å². The summed E-state index contributed by atoms with van der Waals surface area (Å²) in [7, 11) is 0. The predicted octanol–water partition coefficient (Wildman–Crippen LogP) is 2.78. The standard InChI is InChI=1S/C13H19N/c1-3-8-13(14-4-2)11-12-9-6-5-7-10-12/h3,5-7,9-10,13-14H,1,4,8,11H2,2H3. The first-order chi connectivity index (χ1) is 6.86. The van der Waals surface area contributed by atoms with Crippen LogP contribution in [0.25, 0.3) is 0 Å². The second-order valence-corrected chi connectivity index (χ2v) is 3.47. The molecule has 0 amide bonds. The van der Waals surface area contributed by atoms with Crippen molar-refractivity contribution in [2.75, 3.05) is 6.54 Å². The van der Waals surface area contributed by atoms with E-state index in [-0.39, 0.29) is 0 Å². The third kappa shape index (κ3) is 3.75. The topological polar surface area (TPSA) is 12.0 Å². The molecule has 1 unspecified atom stereocenters. The first kappa shape index (κ1) is 11.0. The van der Waals surface area contributed by atoms with Gasteiger partial charge < -0.3 is 5.32 Å². The van der Waals surface area contributed by atoms with E-state index in [1.807, 2.05) is 6.08 Å². The van der Waals surface area contributed by atoms with Gasteiger partial charge in [-0.05, 0) is 24.9 Å². The van der Waals surface area contributed by atoms with Gasteiger partial charge in [0.05, 0.1) is 0 Å². The minimum Gasteiger partial charge on any atom is -0.314 e. The van der Waals surface area contributed by atoms with Crippen molar-refractivity contribution in [2.45, 2.75) is 25.8 Å². The fraction of sp³-hybridized carbons (Fsp3) is 0.385. The van der Waals surface area contributed by atoms with Crippen molar-refractivity contribution >= 4 is 0 Å². The Bertz CT molecular complexity index is 253. The molecular weight excluding hydrogens is 170 g/mol. The van der Waals surface area contributed by atoms with Gasteiger partial charge in [0.25, 0.3) is 0 Å². The van der Waals surface area contributed by atoms with E-state index in [0.29, 0.717) is 6.04 Å². The van der Waals surface area contributed by atoms with Crippen molar-refractivity contribution in [3.05, 3.63) is 48.6 Å². The van der Waals surface area contributed by atoms with Crippen LogP contribution in [0.2, 0.25) is 0 Å². The maximum absolute atomic E-state index is 3.78. The zero-order valence-electron chi connectivity index (χ0n) is 8.87. The smallest absolute Gasteiger partial charge is 0.0142 e. The second-order valence-electron chi connectivity index (χ2n) is 3.47. The highest BCUT2D eigenvalue weighted by molar-refractivity contribution is 5.16. The number of rotatable bonds is 6. The van der Waals surface area contributed by atoms with Crippen LogP contribution < -0.4 is 5.32 Å². The summed E-state index contributed by atoms with van der Waals surface area (Å²) in [5.41, 5.74) is 1.39. The quantitative estimate of drug-likeness (QED) is 0.678. The van der Waals surface area contributed by atoms with E-state index < -0.39 is 0 Å². The van der Waals surface area contributed by atoms with Crippen LogP contribution in [-0.2, 0) is 6.42 Å². The molecule has 0 aliphatic carbocycles. The van der Waals surface area contributed by atoms with Gasteiger partial charge >= 0.3 is 0 Å². The van der Waals surface area contributed by atoms with Gasteiger partial charge in [-0.1, -0.05) is 43.3 Å². The third-order valence-corrected chi connectivity index (χ3v) is 2.27. The SMILES string of the molecule is C=CCC(Cc1ccccc1)NCC. The Labute approximate surface area is 86.8 Å². The van der Waals surface area contributed by atoms with Gasteiger partial charge in [0.2, 0.25) is 0 Å². The Morgan fingerprint density at radius 1 is 1.36 bits per heavy atom. The maximum Gasteiger partial charge on any atom is 0.0142 e. The van der Waals surface area contributed by atoms with E-state index in [4.69, 9.17) is 0 Å². The van der Waals surface area contributed by atoms with Crippen LogP contribution in [0.15, 0.2) is 43.0 Å². The van der Waals surface area contributed by atoms with E-state index in [1.54, 1.807) is 0 Å². The monoisotopic (exact) mass is 189 g/mol. The Morgan fingerprint density at radius 3 is 2.64 bits per heavy atom. The number of nitrogens with one attached hydrogen (secondary N) is 1. The number of benzene rings is 1. The lowest BCUT2D eigenvalue weighted by atomic mass is 10.0. The minimum atomic E-state index is 0.528. The summed E-state index contributed by atoms with van der Waals surface area (Å²) in [5.74, 6) is 0. The predicted molar refractivity (Wildman–Crippen MR) is 62.4 cm³/mol. The van der Waals surface area contributed by atoms with Gasteiger partial charge in [0, 0.05) is 6.04 Å². The molecule has 0 spiro atoms. The van der Waals surface area contributed by atoms with Crippen molar-refractivity contribution in [1.29, 1.82) is 0 Å². The second kappa shape index (κ2) is 6.39. The highest BCUT2D eigenvalue weighted by atomic mass is 14.9. The van der Waals surface area contributed by atoms with Crippen LogP contribution >= 0.6 is 0 Å². The van der Waals surface area contributed by atoms with Crippen molar-refractivity contribution in [3.63, 3.8) is 0 Å². The lowest BCUT2D eigenvalue weighted by molar-refractivity contribution is 0.530. The molecule has 1 aromatic carbocycles. The van der Waals surface area contributed by atoms with E-state index in [0.717, 1.165) is 19.4 Å². The fourth-order valence-corrected chi connectivity index (χ4v) is 1.63. The molecule has 76 valence electrons. The molecule has 1 heteroatoms. The molecule has 0 aliphatic rings. The molecule has 1 nitrogen and oxygen atoms in total. The summed E-state index contributed by atoms with van der Waals surface area (Å²) >= 11 is 0. The van der Waals surface area contributed by atoms with Gasteiger partial charge in [-0.15, -0.1) is 6.58 Å². The van der Waals surface area contributed by atoms with Crippen LogP contribution in [0.1, 0.15) is 18.9 Å². The van der Waals surface area contributed by atoms with Crippen LogP contribution in [0, 0.1) is 0 Å². The van der Waals surface area contributed by atoms with Gasteiger partial charge in [0.1, 0.15) is 0 Å². The Kier molecular flexibility index (Phi) is 5.02. The van der Waals surface area contributed by atoms with Crippen LogP contribution in [0.5, 0.6) is 0 Å². The molecule has 1 rings (SSSR count). The summed E-state index contributed by atoms with van der Waals surface area (Å²) in [6.07, 6.45) is 4.10. The Hall–Kier alpha value is -1.08. The molecule has 1 atom stereocenters. The first-order valence-corrected chi connectivity index (χ1v) is 5.25. The number of hydrogen-bond acceptors (Lipinski definition) is 1. The highest BCUT2D eigenvalue weighted by Gasteiger charge is 2.05. The fourth-order valence-electron chi connectivity index (χ4n) is 1.63. The zero-order chi connectivity index (χ0) is 10.2. The highest BCUT2D eigenvalue weighted by Crippen LogP contribution is 2.05. The van der Waals surface area contributed by atoms with Gasteiger partial charge in [-0.3, -0.25) is 0 Å². The molecular formula is C13H19N. The average Bonchev–Trinajstić information content (AvgIpc) is 2.20. The summed E-state index contributed by atoms with van der Waals surface area (Å²) in [6.45, 7) is 6.94. The van der Waals surface area contributed by atoms with Crippen molar-refractivity contribution in [2.24, 2.45) is 0 Å². The minimum absolute atomic E-state index is 0.528. The lowest BCUT2D eigenvalue weighted by Gasteiger charge is -2.15. The number of likely N-dealkylation sites (N-methyl/N-ethyl adjacent to an activating group) is 1. The summed E-state index contributed by atoms with van der Waals surface area (Å²) in [4.78, 5) is 0. The Morgan fingerprint density at radius 2 is 2.07 bits per heavy atom. The average molecular weight is 189 g/mol. The molecule has 0 saturated carbocycles. The number of hydrogen-bond donors (Lipinski definition) is 1. The molecule has 1 N–H and O–H groups in total. The van der Waals surface area contributed by atoms with Gasteiger partial charge in [0.15, 0.2) is 0 Å². The zero-order valence-corrected chi connectivity index (χ0v) is 8.87. The molecule has 0 bridgehead atoms. The molecule has 14 heavy (non-hydrogen) atoms. The Balaban J connectivity index is 2.50. The van der Waals surface area contributed by atoms with E-state index in [2.05, 4.69) is 49.2 Å². The lowest BCUT2D eigenvalue weighted by Crippen LogP contribution is -2.30. The van der Waals surface area contributed by atoms with Crippen molar-refractivity contribution in [3.8, 4) is 0 Å². The molecule has 0 fully saturated rings. The largest absolute Gasteiger partial charge is 0.314 e. The van der Waals surface area contributed by atoms with E-state index >= 15 is 0 Å². The summed E-state index contributed by atoms with van der Waals surface area (Å²) in [5, 5.41) is 3.46. The molecule has 0 saturated heterocycles. The van der Waals surface area contributed by atoms with Crippen LogP contribution in [-0.4, -0.2) is 12.6 Å². The van der Waals surface area contributed by atoms with E-state index in [9.17, 15) is 0 Å². The molecule has 0 heterocycles. The summed E-state index contributed by atoms with van der Waals surface area (Å²) in [6, 6.07) is 11.1. The van der Waals surface area contributed by atoms with Crippen molar-refractivity contribution < 1.29 is 0 Å². The van der Waals surface area contributed by atoms with Gasteiger partial charge in [-0.2, -0.15) is 0 Å². The van der Waals surface area contributed by atoms with Crippen LogP contribution in [0.4, 0.5) is 0 Å². The first-order valence-electron chi connectivity index (χ1n) is 5.25. The molecule has 1 aromatic rings. The molecule has 0 aromatic heterocycles. The maximum atomic E-state index is 3.78. The van der Waals surface area contributed by atoms with Gasteiger partial charge in [-0.25, -0.2) is 0 Å².